The van der Waals surface area contributed by atoms with Gasteiger partial charge in [-0.25, -0.2) is 9.36 Å². The molecule has 0 aliphatic heterocycles. The molecule has 33 heteroatoms. The summed E-state index contributed by atoms with van der Waals surface area (Å²) < 4.78 is 16.0. The van der Waals surface area contributed by atoms with Crippen LogP contribution in [0.4, 0.5) is 0 Å². The first-order valence-corrected chi connectivity index (χ1v) is 25.1. The van der Waals surface area contributed by atoms with Crippen molar-refractivity contribution in [1.82, 2.24) is 42.5 Å². The van der Waals surface area contributed by atoms with Gasteiger partial charge in [-0.2, -0.15) is 0 Å². The van der Waals surface area contributed by atoms with Crippen LogP contribution in [0.15, 0.2) is 24.3 Å². The summed E-state index contributed by atoms with van der Waals surface area (Å²) in [4.78, 5) is 185. The Kier molecular flexibility index (Phi) is 27.9. The van der Waals surface area contributed by atoms with Gasteiger partial charge in [-0.1, -0.05) is 46.2 Å². The van der Waals surface area contributed by atoms with Gasteiger partial charge >= 0.3 is 25.7 Å². The zero-order valence-electron chi connectivity index (χ0n) is 42.5. The number of benzene rings is 1. The molecule has 0 spiro atoms. The molecule has 430 valence electrons. The van der Waals surface area contributed by atoms with Gasteiger partial charge in [0.15, 0.2) is 0 Å². The van der Waals surface area contributed by atoms with Crippen LogP contribution in [0.25, 0.3) is 0 Å². The van der Waals surface area contributed by atoms with Crippen molar-refractivity contribution in [2.24, 2.45) is 29.0 Å². The number of nitrogens with two attached hydrogens (primary N) is 3. The van der Waals surface area contributed by atoms with Crippen LogP contribution in [0.3, 0.4) is 0 Å². The maximum Gasteiger partial charge on any atom is 0.524 e. The molecule has 20 N–H and O–H groups in total. The number of carbonyl (C=O) groups is 13. The van der Waals surface area contributed by atoms with Crippen molar-refractivity contribution >= 4 is 84.8 Å². The minimum absolute atomic E-state index is 0.00289. The predicted octanol–water partition coefficient (Wildman–Crippen LogP) is -5.81. The van der Waals surface area contributed by atoms with Gasteiger partial charge in [0.25, 0.3) is 0 Å². The Hall–Kier alpha value is -7.80. The lowest BCUT2D eigenvalue weighted by Crippen LogP contribution is -2.62. The zero-order valence-corrected chi connectivity index (χ0v) is 43.4. The minimum atomic E-state index is -5.05. The smallest absolute Gasteiger partial charge is 0.481 e. The lowest BCUT2D eigenvalue weighted by atomic mass is 9.96. The van der Waals surface area contributed by atoms with Crippen molar-refractivity contribution in [3.05, 3.63) is 29.8 Å². The number of rotatable bonds is 35. The summed E-state index contributed by atoms with van der Waals surface area (Å²) in [5.74, 6) is -17.7. The number of carboxylic acids is 3. The summed E-state index contributed by atoms with van der Waals surface area (Å²) in [6.45, 7) is 6.53. The van der Waals surface area contributed by atoms with E-state index in [9.17, 15) is 92.0 Å². The molecule has 1 aromatic carbocycles. The molecule has 0 bridgehead atoms. The Morgan fingerprint density at radius 1 is 0.571 bits per heavy atom. The molecule has 10 amide bonds. The monoisotopic (exact) mass is 1120 g/mol. The van der Waals surface area contributed by atoms with Crippen molar-refractivity contribution in [3.63, 3.8) is 0 Å². The number of primary amides is 2. The topological polar surface area (TPSA) is 544 Å². The number of carboxylic acid groups (broad SMARTS) is 3. The Labute approximate surface area is 439 Å². The highest BCUT2D eigenvalue weighted by Gasteiger charge is 2.37. The van der Waals surface area contributed by atoms with Gasteiger partial charge in [0, 0.05) is 12.8 Å². The van der Waals surface area contributed by atoms with Crippen molar-refractivity contribution in [3.8, 4) is 5.75 Å². The summed E-state index contributed by atoms with van der Waals surface area (Å²) in [5.41, 5.74) is 16.4. The molecule has 77 heavy (non-hydrogen) atoms. The van der Waals surface area contributed by atoms with Gasteiger partial charge < -0.3 is 84.7 Å². The summed E-state index contributed by atoms with van der Waals surface area (Å²) in [6.07, 6.45) is -4.48. The summed E-state index contributed by atoms with van der Waals surface area (Å²) >= 11 is 0. The average molecular weight is 1120 g/mol. The van der Waals surface area contributed by atoms with Gasteiger partial charge in [0.1, 0.15) is 54.1 Å². The van der Waals surface area contributed by atoms with Crippen molar-refractivity contribution in [2.45, 2.75) is 140 Å². The van der Waals surface area contributed by atoms with Crippen LogP contribution in [0.1, 0.15) is 85.1 Å². The molecule has 0 radical (unpaired) electrons. The van der Waals surface area contributed by atoms with E-state index in [4.69, 9.17) is 22.3 Å². The van der Waals surface area contributed by atoms with Gasteiger partial charge in [-0.3, -0.25) is 67.3 Å². The summed E-state index contributed by atoms with van der Waals surface area (Å²) in [5, 5.41) is 55.6. The molecule has 0 aromatic heterocycles. The van der Waals surface area contributed by atoms with Crippen LogP contribution in [-0.4, -0.2) is 168 Å². The number of nitrogens with one attached hydrogen (secondary N) is 8. The van der Waals surface area contributed by atoms with Crippen LogP contribution >= 0.6 is 7.82 Å². The van der Waals surface area contributed by atoms with Crippen molar-refractivity contribution < 1.29 is 102 Å². The van der Waals surface area contributed by atoms with Gasteiger partial charge in [-0.15, -0.1) is 0 Å². The number of aliphatic carboxylic acids is 3. The first kappa shape index (κ1) is 67.2. The normalized spacial score (nSPS) is 15.1. The number of phosphoric acid groups is 1. The third-order valence-corrected chi connectivity index (χ3v) is 11.4. The maximum absolute atomic E-state index is 14.3. The minimum Gasteiger partial charge on any atom is -0.481 e. The van der Waals surface area contributed by atoms with Gasteiger partial charge in [0.2, 0.25) is 59.1 Å². The van der Waals surface area contributed by atoms with E-state index < -0.39 is 190 Å². The first-order chi connectivity index (χ1) is 35.7. The van der Waals surface area contributed by atoms with Crippen LogP contribution in [0.2, 0.25) is 0 Å². The van der Waals surface area contributed by atoms with E-state index in [-0.39, 0.29) is 30.1 Å². The second-order valence-corrected chi connectivity index (χ2v) is 19.2. The largest absolute Gasteiger partial charge is 0.524 e. The predicted molar refractivity (Wildman–Crippen MR) is 262 cm³/mol. The molecular weight excluding hydrogens is 1050 g/mol. The molecule has 0 heterocycles. The number of phosphoric ester groups is 1. The van der Waals surface area contributed by atoms with E-state index in [0.717, 1.165) is 19.1 Å². The number of amides is 10. The maximum atomic E-state index is 14.3. The number of hydrogen-bond donors (Lipinski definition) is 17. The van der Waals surface area contributed by atoms with Gasteiger partial charge in [-0.05, 0) is 49.3 Å². The molecule has 32 nitrogen and oxygen atoms in total. The van der Waals surface area contributed by atoms with Crippen LogP contribution < -0.4 is 64.3 Å². The van der Waals surface area contributed by atoms with Crippen LogP contribution in [-0.2, 0) is 73.3 Å². The highest BCUT2D eigenvalue weighted by atomic mass is 31.2. The first-order valence-electron chi connectivity index (χ1n) is 23.5. The highest BCUT2D eigenvalue weighted by Crippen LogP contribution is 2.37. The standard InChI is InChI=1S/C44H68N11O21P/c1-6-20(4)35(43(70)52-26(15-31(46)57)38(65)48-21(5)36(63)54-30(18-56)42(69)53-29(44(71)72)13-19(2)3)55-41(68)25(14-22-7-9-23(10-8-22)76-77(73,74)75)50-40(67)28(17-34(61)62)51-39(66)27(16-32(47)58)49-37(64)24(45)11-12-33(59)60/h7-10,19-21,24-30,35,56H,6,11-18,45H2,1-5H3,(H2,46,57)(H2,47,58)(H,48,65)(H,49,64)(H,50,67)(H,51,66)(H,52,70)(H,53,69)(H,54,63)(H,55,68)(H,59,60)(H,61,62)(H,71,72)(H2,73,74,75)/t20-,21-,24-,25-,26-,27-,28-,29-,30-,35-/m0/s1. The van der Waals surface area contributed by atoms with E-state index in [2.05, 4.69) is 41.7 Å². The number of hydrogen-bond acceptors (Lipinski definition) is 17. The molecule has 1 aromatic rings. The zero-order chi connectivity index (χ0) is 59.1. The quantitative estimate of drug-likeness (QED) is 0.0282. The van der Waals surface area contributed by atoms with E-state index >= 15 is 0 Å². The van der Waals surface area contributed by atoms with E-state index in [0.29, 0.717) is 0 Å². The van der Waals surface area contributed by atoms with Crippen molar-refractivity contribution in [2.75, 3.05) is 6.61 Å². The Bertz CT molecular complexity index is 2370. The molecule has 10 atom stereocenters. The second kappa shape index (κ2) is 31.9. The third kappa shape index (κ3) is 25.5. The molecule has 0 unspecified atom stereocenters. The summed E-state index contributed by atoms with van der Waals surface area (Å²) in [6, 6.07) is -11.0. The lowest BCUT2D eigenvalue weighted by Gasteiger charge is -2.29. The third-order valence-electron chi connectivity index (χ3n) is 11.0. The number of carbonyl (C=O) groups excluding carboxylic acids is 10. The average Bonchev–Trinajstić information content (AvgIpc) is 3.31. The molecule has 0 saturated carbocycles. The van der Waals surface area contributed by atoms with Crippen LogP contribution in [0, 0.1) is 11.8 Å². The fourth-order valence-electron chi connectivity index (χ4n) is 6.76. The van der Waals surface area contributed by atoms with E-state index in [1.54, 1.807) is 20.8 Å². The Morgan fingerprint density at radius 2 is 1.01 bits per heavy atom. The molecule has 1 rings (SSSR count). The number of aliphatic hydroxyl groups excluding tert-OH is 1. The Balaban J connectivity index is 3.60. The van der Waals surface area contributed by atoms with Crippen LogP contribution in [0.5, 0.6) is 5.75 Å². The van der Waals surface area contributed by atoms with E-state index in [1.807, 2.05) is 5.32 Å². The SMILES string of the molecule is CC[C@H](C)[C@H](NC(=O)[C@H](Cc1ccc(OP(=O)(O)O)cc1)NC(=O)[C@H](CC(=O)O)NC(=O)[C@H](CC(N)=O)NC(=O)[C@@H](N)CCC(=O)O)C(=O)N[C@@H](CC(N)=O)C(=O)N[C@@H](C)C(=O)N[C@@H](CO)C(=O)N[C@@H](CC(C)C)C(=O)O. The van der Waals surface area contributed by atoms with E-state index in [1.165, 1.54) is 19.1 Å². The molecule has 0 saturated heterocycles. The fourth-order valence-corrected chi connectivity index (χ4v) is 7.16. The second-order valence-electron chi connectivity index (χ2n) is 18.0. The van der Waals surface area contributed by atoms with Gasteiger partial charge in [0.05, 0.1) is 31.9 Å². The molecule has 0 fully saturated rings. The Morgan fingerprint density at radius 3 is 1.47 bits per heavy atom. The lowest BCUT2D eigenvalue weighted by molar-refractivity contribution is -0.143. The molecule has 0 aliphatic rings. The van der Waals surface area contributed by atoms with Crippen molar-refractivity contribution in [1.29, 1.82) is 0 Å². The highest BCUT2D eigenvalue weighted by molar-refractivity contribution is 7.46. The molecular formula is C44H68N11O21P. The number of aliphatic hydroxyl groups is 1. The fraction of sp³-hybridized carbons (Fsp3) is 0.568. The molecule has 0 aliphatic carbocycles. The summed E-state index contributed by atoms with van der Waals surface area (Å²) in [7, 11) is -5.05.